The minimum absolute atomic E-state index is 0.00322. The number of fused-ring (bicyclic) bond motifs is 1. The first kappa shape index (κ1) is 24.1. The van der Waals surface area contributed by atoms with E-state index in [0.717, 1.165) is 23.5 Å². The van der Waals surface area contributed by atoms with Gasteiger partial charge >= 0.3 is 5.97 Å². The molecule has 4 rings (SSSR count). The van der Waals surface area contributed by atoms with E-state index in [9.17, 15) is 23.9 Å². The lowest BCUT2D eigenvalue weighted by Gasteiger charge is -2.27. The van der Waals surface area contributed by atoms with E-state index in [0.29, 0.717) is 16.2 Å². The summed E-state index contributed by atoms with van der Waals surface area (Å²) >= 11 is 0.823. The number of methoxy groups -OCH3 is 1. The molecule has 35 heavy (non-hydrogen) atoms. The van der Waals surface area contributed by atoms with Crippen LogP contribution in [0.15, 0.2) is 35.7 Å². The highest BCUT2D eigenvalue weighted by Crippen LogP contribution is 2.39. The largest absolute Gasteiger partial charge is 0.496 e. The van der Waals surface area contributed by atoms with E-state index in [1.807, 2.05) is 0 Å². The number of halogens is 2. The standard InChI is InChI=1S/C24H19F2NO7S/c1-3-33-18-8-15(26)16(9-19(18)34-10-12-6-14(25)4-5-17(12)32-2)27-20(28)7-13-11-35-22(24(30)31)21(13)23(27)29/h4-6,8-9,11H,3,7,10H2,1-2H3,(H,30,31). The van der Waals surface area contributed by atoms with E-state index in [1.165, 1.54) is 30.7 Å². The van der Waals surface area contributed by atoms with Crippen LogP contribution in [0.25, 0.3) is 0 Å². The Kier molecular flexibility index (Phi) is 6.70. The molecule has 3 aromatic rings. The predicted molar refractivity (Wildman–Crippen MR) is 122 cm³/mol. The summed E-state index contributed by atoms with van der Waals surface area (Å²) in [5.41, 5.74) is 0.0693. The van der Waals surface area contributed by atoms with Gasteiger partial charge in [0, 0.05) is 17.7 Å². The molecule has 1 aromatic heterocycles. The summed E-state index contributed by atoms with van der Waals surface area (Å²) in [6.07, 6.45) is -0.270. The van der Waals surface area contributed by atoms with Crippen LogP contribution in [0.4, 0.5) is 14.5 Å². The van der Waals surface area contributed by atoms with E-state index in [4.69, 9.17) is 14.2 Å². The molecule has 0 atom stereocenters. The van der Waals surface area contributed by atoms with Gasteiger partial charge in [0.1, 0.15) is 23.1 Å². The molecule has 0 spiro atoms. The molecule has 0 aliphatic carbocycles. The molecule has 0 bridgehead atoms. The van der Waals surface area contributed by atoms with Crippen LogP contribution in [0, 0.1) is 11.6 Å². The molecule has 11 heteroatoms. The lowest BCUT2D eigenvalue weighted by Crippen LogP contribution is -2.43. The Morgan fingerprint density at radius 3 is 2.54 bits per heavy atom. The summed E-state index contributed by atoms with van der Waals surface area (Å²) in [7, 11) is 1.41. The maximum absolute atomic E-state index is 15.1. The van der Waals surface area contributed by atoms with Crippen LogP contribution in [0.2, 0.25) is 0 Å². The predicted octanol–water partition coefficient (Wildman–Crippen LogP) is 4.44. The van der Waals surface area contributed by atoms with Gasteiger partial charge in [0.2, 0.25) is 5.91 Å². The number of rotatable bonds is 8. The Bertz CT molecular complexity index is 1340. The molecule has 0 saturated carbocycles. The zero-order chi connectivity index (χ0) is 25.3. The van der Waals surface area contributed by atoms with E-state index < -0.39 is 35.1 Å². The molecule has 0 unspecified atom stereocenters. The Labute approximate surface area is 202 Å². The number of anilines is 1. The van der Waals surface area contributed by atoms with E-state index in [1.54, 1.807) is 6.92 Å². The first-order chi connectivity index (χ1) is 16.7. The highest BCUT2D eigenvalue weighted by molar-refractivity contribution is 7.12. The maximum atomic E-state index is 15.1. The fourth-order valence-corrected chi connectivity index (χ4v) is 4.62. The third-order valence-electron chi connectivity index (χ3n) is 5.25. The number of imide groups is 1. The number of carbonyl (C=O) groups excluding carboxylic acids is 2. The summed E-state index contributed by atoms with van der Waals surface area (Å²) in [5.74, 6) is -4.10. The number of carboxylic acid groups (broad SMARTS) is 1. The van der Waals surface area contributed by atoms with Crippen molar-refractivity contribution in [2.45, 2.75) is 20.0 Å². The van der Waals surface area contributed by atoms with E-state index in [2.05, 4.69) is 0 Å². The van der Waals surface area contributed by atoms with Crippen molar-refractivity contribution in [3.63, 3.8) is 0 Å². The second-order valence-electron chi connectivity index (χ2n) is 7.41. The number of benzene rings is 2. The molecule has 2 heterocycles. The van der Waals surface area contributed by atoms with Crippen LogP contribution in [-0.4, -0.2) is 36.6 Å². The molecule has 0 saturated heterocycles. The normalized spacial score (nSPS) is 13.0. The van der Waals surface area contributed by atoms with Crippen molar-refractivity contribution in [3.05, 3.63) is 68.9 Å². The lowest BCUT2D eigenvalue weighted by atomic mass is 10.0. The van der Waals surface area contributed by atoms with Crippen LogP contribution >= 0.6 is 11.3 Å². The van der Waals surface area contributed by atoms with Gasteiger partial charge in [-0.25, -0.2) is 18.5 Å². The summed E-state index contributed by atoms with van der Waals surface area (Å²) in [6.45, 7) is 1.65. The fourth-order valence-electron chi connectivity index (χ4n) is 3.72. The average molecular weight is 503 g/mol. The van der Waals surface area contributed by atoms with Crippen LogP contribution in [0.1, 0.15) is 38.1 Å². The molecule has 0 fully saturated rings. The molecule has 0 radical (unpaired) electrons. The number of amides is 2. The molecular formula is C24H19F2NO7S. The van der Waals surface area contributed by atoms with Crippen LogP contribution in [-0.2, 0) is 17.8 Å². The third-order valence-corrected chi connectivity index (χ3v) is 6.27. The maximum Gasteiger partial charge on any atom is 0.346 e. The van der Waals surface area contributed by atoms with Gasteiger partial charge < -0.3 is 19.3 Å². The number of thiophene rings is 1. The van der Waals surface area contributed by atoms with Crippen LogP contribution < -0.4 is 19.1 Å². The Morgan fingerprint density at radius 1 is 1.11 bits per heavy atom. The second-order valence-corrected chi connectivity index (χ2v) is 8.29. The number of hydrogen-bond donors (Lipinski definition) is 1. The minimum Gasteiger partial charge on any atom is -0.496 e. The molecule has 182 valence electrons. The lowest BCUT2D eigenvalue weighted by molar-refractivity contribution is -0.117. The third kappa shape index (κ3) is 4.54. The zero-order valence-corrected chi connectivity index (χ0v) is 19.4. The van der Waals surface area contributed by atoms with Gasteiger partial charge in [-0.1, -0.05) is 0 Å². The zero-order valence-electron chi connectivity index (χ0n) is 18.6. The van der Waals surface area contributed by atoms with Crippen molar-refractivity contribution < 1.29 is 42.5 Å². The van der Waals surface area contributed by atoms with E-state index >= 15 is 4.39 Å². The minimum atomic E-state index is -1.32. The number of hydrogen-bond acceptors (Lipinski definition) is 7. The van der Waals surface area contributed by atoms with Crippen molar-refractivity contribution in [1.29, 1.82) is 0 Å². The molecule has 1 aliphatic heterocycles. The molecule has 2 amide bonds. The Morgan fingerprint density at radius 2 is 1.86 bits per heavy atom. The quantitative estimate of drug-likeness (QED) is 0.454. The van der Waals surface area contributed by atoms with Crippen molar-refractivity contribution >= 4 is 34.8 Å². The van der Waals surface area contributed by atoms with Gasteiger partial charge in [-0.05, 0) is 36.1 Å². The Hall–Kier alpha value is -3.99. The van der Waals surface area contributed by atoms with Crippen LogP contribution in [0.5, 0.6) is 17.2 Å². The molecule has 1 aliphatic rings. The first-order valence-corrected chi connectivity index (χ1v) is 11.3. The van der Waals surface area contributed by atoms with Crippen molar-refractivity contribution in [1.82, 2.24) is 0 Å². The number of carboxylic acids is 1. The van der Waals surface area contributed by atoms with Gasteiger partial charge in [-0.15, -0.1) is 11.3 Å². The van der Waals surface area contributed by atoms with Crippen molar-refractivity contribution in [2.75, 3.05) is 18.6 Å². The topological polar surface area (TPSA) is 102 Å². The summed E-state index contributed by atoms with van der Waals surface area (Å²) in [5, 5.41) is 10.8. The van der Waals surface area contributed by atoms with Gasteiger partial charge in [-0.3, -0.25) is 9.59 Å². The molecular weight excluding hydrogens is 484 g/mol. The monoisotopic (exact) mass is 503 g/mol. The van der Waals surface area contributed by atoms with E-state index in [-0.39, 0.29) is 47.1 Å². The van der Waals surface area contributed by atoms with Gasteiger partial charge in [0.15, 0.2) is 17.3 Å². The Balaban J connectivity index is 1.74. The summed E-state index contributed by atoms with van der Waals surface area (Å²) < 4.78 is 45.3. The van der Waals surface area contributed by atoms with Gasteiger partial charge in [0.25, 0.3) is 5.91 Å². The fraction of sp³-hybridized carbons (Fsp3) is 0.208. The second kappa shape index (κ2) is 9.71. The number of ether oxygens (including phenoxy) is 3. The summed E-state index contributed by atoms with van der Waals surface area (Å²) in [4.78, 5) is 37.8. The van der Waals surface area contributed by atoms with Gasteiger partial charge in [-0.2, -0.15) is 0 Å². The number of carbonyl (C=O) groups is 3. The van der Waals surface area contributed by atoms with Crippen molar-refractivity contribution in [3.8, 4) is 17.2 Å². The SMILES string of the molecule is CCOc1cc(F)c(N2C(=O)Cc3csc(C(=O)O)c3C2=O)cc1OCc1cc(F)ccc1OC. The summed E-state index contributed by atoms with van der Waals surface area (Å²) in [6, 6.07) is 5.96. The first-order valence-electron chi connectivity index (χ1n) is 10.4. The van der Waals surface area contributed by atoms with Crippen molar-refractivity contribution in [2.24, 2.45) is 0 Å². The highest BCUT2D eigenvalue weighted by Gasteiger charge is 2.38. The number of aromatic carboxylic acids is 1. The average Bonchev–Trinajstić information content (AvgIpc) is 3.24. The van der Waals surface area contributed by atoms with Gasteiger partial charge in [0.05, 0.1) is 31.4 Å². The molecule has 2 aromatic carbocycles. The molecule has 1 N–H and O–H groups in total. The number of nitrogens with zero attached hydrogens (tertiary/aromatic N) is 1. The smallest absolute Gasteiger partial charge is 0.346 e. The highest BCUT2D eigenvalue weighted by atomic mass is 32.1. The van der Waals surface area contributed by atoms with Crippen LogP contribution in [0.3, 0.4) is 0 Å². The molecule has 8 nitrogen and oxygen atoms in total.